The van der Waals surface area contributed by atoms with Crippen molar-refractivity contribution < 1.29 is 18.3 Å². The average molecular weight is 440 g/mol. The molecule has 2 aromatic carbocycles. The van der Waals surface area contributed by atoms with E-state index in [1.165, 1.54) is 11.3 Å². The molecule has 1 aromatic heterocycles. The van der Waals surface area contributed by atoms with Gasteiger partial charge in [-0.05, 0) is 55.9 Å². The van der Waals surface area contributed by atoms with Crippen LogP contribution in [0, 0.1) is 6.92 Å². The van der Waals surface area contributed by atoms with Crippen LogP contribution >= 0.6 is 0 Å². The van der Waals surface area contributed by atoms with E-state index in [9.17, 15) is 8.78 Å². The predicted octanol–water partition coefficient (Wildman–Crippen LogP) is 7.17. The van der Waals surface area contributed by atoms with Crippen LogP contribution in [0.15, 0.2) is 48.5 Å². The molecular formula is C27H31F2NO2. The maximum atomic E-state index is 13.9. The first-order valence-corrected chi connectivity index (χ1v) is 11.8. The van der Waals surface area contributed by atoms with E-state index in [2.05, 4.69) is 29.7 Å². The summed E-state index contributed by atoms with van der Waals surface area (Å²) >= 11 is 0. The third-order valence-corrected chi connectivity index (χ3v) is 7.18. The van der Waals surface area contributed by atoms with Crippen molar-refractivity contribution in [2.45, 2.75) is 69.9 Å². The highest BCUT2D eigenvalue weighted by molar-refractivity contribution is 5.91. The molecule has 1 aliphatic heterocycles. The summed E-state index contributed by atoms with van der Waals surface area (Å²) in [5, 5.41) is 1.13. The Morgan fingerprint density at radius 2 is 1.69 bits per heavy atom. The Bertz CT molecular complexity index is 1060. The molecule has 2 aliphatic rings. The second-order valence-electron chi connectivity index (χ2n) is 9.28. The lowest BCUT2D eigenvalue weighted by Crippen LogP contribution is -2.28. The maximum absolute atomic E-state index is 13.9. The summed E-state index contributed by atoms with van der Waals surface area (Å²) in [5.74, 6) is -1.27. The Kier molecular flexibility index (Phi) is 5.93. The molecule has 1 saturated carbocycles. The van der Waals surface area contributed by atoms with E-state index in [-0.39, 0.29) is 18.9 Å². The number of fused-ring (bicyclic) bond motifs is 1. The first-order chi connectivity index (χ1) is 15.5. The van der Waals surface area contributed by atoms with Gasteiger partial charge in [-0.3, -0.25) is 0 Å². The number of ether oxygens (including phenoxy) is 2. The molecule has 0 radical (unpaired) electrons. The Morgan fingerprint density at radius 1 is 0.969 bits per heavy atom. The van der Waals surface area contributed by atoms with Gasteiger partial charge in [0.25, 0.3) is 0 Å². The lowest BCUT2D eigenvalue weighted by atomic mass is 9.89. The van der Waals surface area contributed by atoms with Gasteiger partial charge in [-0.25, -0.2) is 8.78 Å². The number of aryl methyl sites for hydroxylation is 1. The molecule has 1 saturated heterocycles. The number of benzene rings is 2. The number of halogens is 2. The van der Waals surface area contributed by atoms with Gasteiger partial charge in [-0.1, -0.05) is 36.4 Å². The SMILES string of the molecule is Cc1c(C2CCOCC2)n(C2CCC(F)(F)CC2)c2cccc(OCc3ccccc3)c12. The van der Waals surface area contributed by atoms with Gasteiger partial charge >= 0.3 is 0 Å². The Balaban J connectivity index is 1.57. The van der Waals surface area contributed by atoms with Crippen LogP contribution in [0.2, 0.25) is 0 Å². The zero-order valence-electron chi connectivity index (χ0n) is 18.7. The standard InChI is InChI=1S/C27H31F2NO2/c1-19-25-23(8-5-9-24(25)32-18-20-6-3-2-4-7-20)30(22-10-14-27(28,29)15-11-22)26(19)21-12-16-31-17-13-21/h2-9,21-22H,10-18H2,1H3. The highest BCUT2D eigenvalue weighted by Gasteiger charge is 2.38. The third-order valence-electron chi connectivity index (χ3n) is 7.18. The molecule has 0 spiro atoms. The van der Waals surface area contributed by atoms with Crippen molar-refractivity contribution in [2.24, 2.45) is 0 Å². The van der Waals surface area contributed by atoms with Gasteiger partial charge in [-0.15, -0.1) is 0 Å². The number of hydrogen-bond donors (Lipinski definition) is 0. The molecule has 0 unspecified atom stereocenters. The van der Waals surface area contributed by atoms with Crippen LogP contribution in [0.4, 0.5) is 8.78 Å². The minimum atomic E-state index is -2.53. The summed E-state index contributed by atoms with van der Waals surface area (Å²) in [6.07, 6.45) is 2.91. The van der Waals surface area contributed by atoms with E-state index in [1.807, 2.05) is 30.3 Å². The third kappa shape index (κ3) is 4.15. The Hall–Kier alpha value is -2.40. The second-order valence-corrected chi connectivity index (χ2v) is 9.28. The van der Waals surface area contributed by atoms with Crippen molar-refractivity contribution >= 4 is 10.9 Å². The molecule has 3 aromatic rings. The molecule has 0 atom stereocenters. The van der Waals surface area contributed by atoms with Gasteiger partial charge in [0.15, 0.2) is 0 Å². The van der Waals surface area contributed by atoms with Crippen molar-refractivity contribution in [1.82, 2.24) is 4.57 Å². The zero-order valence-corrected chi connectivity index (χ0v) is 18.7. The van der Waals surface area contributed by atoms with E-state index in [0.29, 0.717) is 25.4 Å². The van der Waals surface area contributed by atoms with Crippen molar-refractivity contribution in [3.63, 3.8) is 0 Å². The van der Waals surface area contributed by atoms with Crippen LogP contribution in [0.1, 0.15) is 67.3 Å². The van der Waals surface area contributed by atoms with E-state index >= 15 is 0 Å². The van der Waals surface area contributed by atoms with E-state index < -0.39 is 5.92 Å². The van der Waals surface area contributed by atoms with Crippen molar-refractivity contribution in [3.05, 3.63) is 65.4 Å². The monoisotopic (exact) mass is 439 g/mol. The molecule has 32 heavy (non-hydrogen) atoms. The zero-order chi connectivity index (χ0) is 22.1. The molecule has 2 heterocycles. The van der Waals surface area contributed by atoms with Gasteiger partial charge < -0.3 is 14.0 Å². The van der Waals surface area contributed by atoms with E-state index in [4.69, 9.17) is 9.47 Å². The fraction of sp³-hybridized carbons (Fsp3) is 0.481. The summed E-state index contributed by atoms with van der Waals surface area (Å²) < 4.78 is 42.2. The fourth-order valence-corrected chi connectivity index (χ4v) is 5.54. The molecule has 1 aliphatic carbocycles. The van der Waals surface area contributed by atoms with Gasteiger partial charge in [0, 0.05) is 49.1 Å². The first-order valence-electron chi connectivity index (χ1n) is 11.8. The van der Waals surface area contributed by atoms with Crippen LogP contribution in [0.25, 0.3) is 10.9 Å². The summed E-state index contributed by atoms with van der Waals surface area (Å²) in [7, 11) is 0. The molecule has 170 valence electrons. The van der Waals surface area contributed by atoms with Gasteiger partial charge in [0.1, 0.15) is 12.4 Å². The minimum Gasteiger partial charge on any atom is -0.488 e. The highest BCUT2D eigenvalue weighted by atomic mass is 19.3. The quantitative estimate of drug-likeness (QED) is 0.421. The lowest BCUT2D eigenvalue weighted by Gasteiger charge is -2.33. The largest absolute Gasteiger partial charge is 0.488 e. The Morgan fingerprint density at radius 3 is 2.41 bits per heavy atom. The number of nitrogens with zero attached hydrogens (tertiary/aromatic N) is 1. The summed E-state index contributed by atoms with van der Waals surface area (Å²) in [6, 6.07) is 16.5. The van der Waals surface area contributed by atoms with Crippen molar-refractivity contribution in [2.75, 3.05) is 13.2 Å². The van der Waals surface area contributed by atoms with E-state index in [1.54, 1.807) is 0 Å². The topological polar surface area (TPSA) is 23.4 Å². The fourth-order valence-electron chi connectivity index (χ4n) is 5.54. The molecule has 5 rings (SSSR count). The predicted molar refractivity (Wildman–Crippen MR) is 123 cm³/mol. The lowest BCUT2D eigenvalue weighted by molar-refractivity contribution is -0.0439. The molecule has 0 bridgehead atoms. The molecular weight excluding hydrogens is 408 g/mol. The van der Waals surface area contributed by atoms with Crippen LogP contribution in [-0.4, -0.2) is 23.7 Å². The van der Waals surface area contributed by atoms with Crippen LogP contribution in [0.3, 0.4) is 0 Å². The van der Waals surface area contributed by atoms with E-state index in [0.717, 1.165) is 48.3 Å². The summed E-state index contributed by atoms with van der Waals surface area (Å²) in [5.41, 5.74) is 4.77. The summed E-state index contributed by atoms with van der Waals surface area (Å²) in [6.45, 7) is 4.20. The normalized spacial score (nSPS) is 20.0. The maximum Gasteiger partial charge on any atom is 0.248 e. The number of rotatable bonds is 5. The smallest absolute Gasteiger partial charge is 0.248 e. The summed E-state index contributed by atoms with van der Waals surface area (Å²) in [4.78, 5) is 0. The number of alkyl halides is 2. The molecule has 0 N–H and O–H groups in total. The van der Waals surface area contributed by atoms with Crippen molar-refractivity contribution in [3.8, 4) is 5.75 Å². The van der Waals surface area contributed by atoms with Crippen LogP contribution in [-0.2, 0) is 11.3 Å². The van der Waals surface area contributed by atoms with Gasteiger partial charge in [-0.2, -0.15) is 0 Å². The second kappa shape index (κ2) is 8.86. The molecule has 3 nitrogen and oxygen atoms in total. The molecule has 0 amide bonds. The average Bonchev–Trinajstić information content (AvgIpc) is 3.12. The van der Waals surface area contributed by atoms with Crippen LogP contribution < -0.4 is 4.74 Å². The van der Waals surface area contributed by atoms with Crippen molar-refractivity contribution in [1.29, 1.82) is 0 Å². The molecule has 5 heteroatoms. The minimum absolute atomic E-state index is 0.0339. The Labute approximate surface area is 188 Å². The number of hydrogen-bond acceptors (Lipinski definition) is 2. The molecule has 2 fully saturated rings. The van der Waals surface area contributed by atoms with Crippen LogP contribution in [0.5, 0.6) is 5.75 Å². The number of aromatic nitrogens is 1. The van der Waals surface area contributed by atoms with Gasteiger partial charge in [0.2, 0.25) is 5.92 Å². The van der Waals surface area contributed by atoms with Gasteiger partial charge in [0.05, 0.1) is 5.52 Å². The highest BCUT2D eigenvalue weighted by Crippen LogP contribution is 2.46. The first kappa shape index (κ1) is 21.4.